The summed E-state index contributed by atoms with van der Waals surface area (Å²) < 4.78 is 42.9. The second kappa shape index (κ2) is 15.0. The molecule has 0 spiro atoms. The van der Waals surface area contributed by atoms with Gasteiger partial charge in [0.2, 0.25) is 5.91 Å². The smallest absolute Gasteiger partial charge is 0.348 e. The summed E-state index contributed by atoms with van der Waals surface area (Å²) in [6.07, 6.45) is 1.57. The summed E-state index contributed by atoms with van der Waals surface area (Å²) in [7, 11) is -4.32. The highest BCUT2D eigenvalue weighted by atomic mass is 32.2. The lowest BCUT2D eigenvalue weighted by Gasteiger charge is -2.07. The van der Waals surface area contributed by atoms with Gasteiger partial charge >= 0.3 is 17.9 Å². The fraction of sp³-hybridized carbons (Fsp3) is 0.357. The number of nitrogens with zero attached hydrogens (tertiary/aromatic N) is 2. The number of hydrogen-bond donors (Lipinski definition) is 1. The molecule has 0 aliphatic heterocycles. The molecule has 2 heterocycles. The third-order valence-corrected chi connectivity index (χ3v) is 9.38. The van der Waals surface area contributed by atoms with E-state index in [1.165, 1.54) is 6.92 Å². The van der Waals surface area contributed by atoms with Crippen LogP contribution >= 0.6 is 22.7 Å². The number of thiophene rings is 1. The van der Waals surface area contributed by atoms with Crippen LogP contribution in [-0.2, 0) is 40.2 Å². The van der Waals surface area contributed by atoms with Crippen LogP contribution in [0, 0.1) is 6.92 Å². The molecule has 0 bridgehead atoms. The van der Waals surface area contributed by atoms with Crippen molar-refractivity contribution in [1.82, 2.24) is 4.57 Å². The van der Waals surface area contributed by atoms with Crippen molar-refractivity contribution < 1.29 is 46.6 Å². The van der Waals surface area contributed by atoms with Crippen molar-refractivity contribution in [3.63, 3.8) is 0 Å². The van der Waals surface area contributed by atoms with Gasteiger partial charge in [-0.2, -0.15) is 4.99 Å². The van der Waals surface area contributed by atoms with Gasteiger partial charge in [-0.1, -0.05) is 17.4 Å². The SMILES string of the molecule is C=CCn1c(=NC(=O)CS(=O)(=O)CC(=O)Nc2sc(C(=O)OCC)c(C)c2C(=O)OCC)sc2cc(C(=O)OCC)ccc21. The molecule has 0 saturated heterocycles. The van der Waals surface area contributed by atoms with E-state index in [0.717, 1.165) is 22.7 Å². The van der Waals surface area contributed by atoms with Gasteiger partial charge in [0.1, 0.15) is 21.4 Å². The molecule has 0 aliphatic carbocycles. The highest BCUT2D eigenvalue weighted by Gasteiger charge is 2.29. The zero-order valence-corrected chi connectivity index (χ0v) is 26.9. The summed E-state index contributed by atoms with van der Waals surface area (Å²) in [4.78, 5) is 66.8. The third-order valence-electron chi connectivity index (χ3n) is 5.76. The van der Waals surface area contributed by atoms with E-state index in [2.05, 4.69) is 16.9 Å². The molecule has 16 heteroatoms. The minimum absolute atomic E-state index is 0.0232. The number of hydrogen-bond acceptors (Lipinski definition) is 12. The fourth-order valence-corrected chi connectivity index (χ4v) is 7.20. The average molecular weight is 666 g/mol. The Bertz CT molecular complexity index is 1800. The van der Waals surface area contributed by atoms with Crippen molar-refractivity contribution in [3.8, 4) is 0 Å². The maximum atomic E-state index is 12.8. The van der Waals surface area contributed by atoms with Crippen LogP contribution in [0.2, 0.25) is 0 Å². The number of sulfone groups is 1. The second-order valence-electron chi connectivity index (χ2n) is 8.97. The van der Waals surface area contributed by atoms with E-state index >= 15 is 0 Å². The van der Waals surface area contributed by atoms with E-state index in [1.54, 1.807) is 49.6 Å². The Morgan fingerprint density at radius 2 is 1.59 bits per heavy atom. The predicted molar refractivity (Wildman–Crippen MR) is 165 cm³/mol. The Morgan fingerprint density at radius 1 is 0.955 bits per heavy atom. The van der Waals surface area contributed by atoms with Gasteiger partial charge in [-0.15, -0.1) is 17.9 Å². The van der Waals surface area contributed by atoms with Crippen molar-refractivity contribution >= 4 is 77.5 Å². The molecule has 2 aromatic heterocycles. The molecule has 3 rings (SSSR count). The molecule has 13 nitrogen and oxygen atoms in total. The van der Waals surface area contributed by atoms with Gasteiger partial charge < -0.3 is 24.1 Å². The first-order chi connectivity index (χ1) is 20.8. The molecule has 0 saturated carbocycles. The van der Waals surface area contributed by atoms with Crippen LogP contribution < -0.4 is 10.1 Å². The van der Waals surface area contributed by atoms with Crippen molar-refractivity contribution in [2.24, 2.45) is 4.99 Å². The van der Waals surface area contributed by atoms with Crippen LogP contribution in [0.1, 0.15) is 56.7 Å². The molecule has 0 unspecified atom stereocenters. The second-order valence-corrected chi connectivity index (χ2v) is 13.1. The number of ether oxygens (including phenoxy) is 3. The van der Waals surface area contributed by atoms with E-state index in [4.69, 9.17) is 14.2 Å². The molecule has 1 N–H and O–H groups in total. The Kier molecular flexibility index (Phi) is 11.7. The number of fused-ring (bicyclic) bond motifs is 1. The number of rotatable bonds is 13. The zero-order valence-electron chi connectivity index (χ0n) is 24.5. The number of amides is 2. The van der Waals surface area contributed by atoms with Crippen LogP contribution in [0.15, 0.2) is 35.8 Å². The molecular formula is C28H31N3O10S3. The molecule has 44 heavy (non-hydrogen) atoms. The number of carbonyl (C=O) groups excluding carboxylic acids is 5. The van der Waals surface area contributed by atoms with Gasteiger partial charge in [0.25, 0.3) is 5.91 Å². The molecule has 236 valence electrons. The van der Waals surface area contributed by atoms with Crippen LogP contribution in [-0.4, -0.2) is 74.0 Å². The van der Waals surface area contributed by atoms with E-state index in [-0.39, 0.29) is 52.2 Å². The highest BCUT2D eigenvalue weighted by molar-refractivity contribution is 7.92. The standard InChI is InChI=1S/C28H31N3O10S3/c1-6-12-31-18-11-10-17(25(34)39-7-2)13-19(18)42-28(31)30-21(33)15-44(37,38)14-20(32)29-24-22(26(35)40-8-3)16(5)23(43-24)27(36)41-9-4/h6,10-11,13H,1,7-9,12,14-15H2,2-5H3,(H,29,32). The number of thiazole rings is 1. The third kappa shape index (κ3) is 8.27. The fourth-order valence-electron chi connectivity index (χ4n) is 3.99. The Balaban J connectivity index is 1.84. The number of aromatic nitrogens is 1. The molecular weight excluding hydrogens is 635 g/mol. The van der Waals surface area contributed by atoms with Gasteiger partial charge in [0.05, 0.1) is 41.2 Å². The van der Waals surface area contributed by atoms with Gasteiger partial charge in [-0.25, -0.2) is 22.8 Å². The lowest BCUT2D eigenvalue weighted by molar-refractivity contribution is -0.115. The van der Waals surface area contributed by atoms with Crippen LogP contribution in [0.5, 0.6) is 0 Å². The van der Waals surface area contributed by atoms with Crippen LogP contribution in [0.4, 0.5) is 5.00 Å². The van der Waals surface area contributed by atoms with Crippen molar-refractivity contribution in [2.45, 2.75) is 34.2 Å². The summed E-state index contributed by atoms with van der Waals surface area (Å²) in [5.41, 5.74) is 1.06. The minimum atomic E-state index is -4.32. The normalized spacial score (nSPS) is 11.7. The lowest BCUT2D eigenvalue weighted by atomic mass is 10.1. The molecule has 0 aliphatic rings. The maximum Gasteiger partial charge on any atom is 0.348 e. The average Bonchev–Trinajstić information content (AvgIpc) is 3.44. The molecule has 0 radical (unpaired) electrons. The van der Waals surface area contributed by atoms with Gasteiger partial charge in [-0.3, -0.25) is 9.59 Å². The van der Waals surface area contributed by atoms with Crippen molar-refractivity contribution in [3.05, 3.63) is 57.2 Å². The van der Waals surface area contributed by atoms with E-state index in [9.17, 15) is 32.4 Å². The predicted octanol–water partition coefficient (Wildman–Crippen LogP) is 3.27. The van der Waals surface area contributed by atoms with Crippen LogP contribution in [0.25, 0.3) is 10.2 Å². The highest BCUT2D eigenvalue weighted by Crippen LogP contribution is 2.34. The summed E-state index contributed by atoms with van der Waals surface area (Å²) in [5, 5.41) is 2.27. The number of allylic oxidation sites excluding steroid dienone is 1. The number of esters is 3. The zero-order chi connectivity index (χ0) is 32.6. The molecule has 0 fully saturated rings. The lowest BCUT2D eigenvalue weighted by Crippen LogP contribution is -2.28. The topological polar surface area (TPSA) is 176 Å². The van der Waals surface area contributed by atoms with E-state index < -0.39 is 51.1 Å². The first kappa shape index (κ1) is 34.3. The van der Waals surface area contributed by atoms with Gasteiger partial charge in [0, 0.05) is 6.54 Å². The first-order valence-corrected chi connectivity index (χ1v) is 16.8. The Hall–Kier alpha value is -4.15. The maximum absolute atomic E-state index is 12.8. The van der Waals surface area contributed by atoms with Crippen molar-refractivity contribution in [2.75, 3.05) is 36.6 Å². The summed E-state index contributed by atoms with van der Waals surface area (Å²) in [5.74, 6) is -6.25. The van der Waals surface area contributed by atoms with Crippen LogP contribution in [0.3, 0.4) is 0 Å². The quantitative estimate of drug-likeness (QED) is 0.162. The van der Waals surface area contributed by atoms with E-state index in [0.29, 0.717) is 15.8 Å². The number of benzene rings is 1. The number of anilines is 1. The number of carbonyl (C=O) groups is 5. The summed E-state index contributed by atoms with van der Waals surface area (Å²) in [6, 6.07) is 4.82. The van der Waals surface area contributed by atoms with Gasteiger partial charge in [-0.05, 0) is 51.5 Å². The monoisotopic (exact) mass is 665 g/mol. The largest absolute Gasteiger partial charge is 0.462 e. The molecule has 2 amide bonds. The molecule has 1 aromatic carbocycles. The van der Waals surface area contributed by atoms with E-state index in [1.807, 2.05) is 0 Å². The summed E-state index contributed by atoms with van der Waals surface area (Å²) in [6.45, 7) is 10.6. The molecule has 3 aromatic rings. The van der Waals surface area contributed by atoms with Crippen molar-refractivity contribution in [1.29, 1.82) is 0 Å². The Morgan fingerprint density at radius 3 is 2.23 bits per heavy atom. The number of nitrogens with one attached hydrogen (secondary N) is 1. The minimum Gasteiger partial charge on any atom is -0.462 e. The Labute approximate surface area is 261 Å². The van der Waals surface area contributed by atoms with Gasteiger partial charge in [0.15, 0.2) is 14.6 Å². The summed E-state index contributed by atoms with van der Waals surface area (Å²) >= 11 is 1.81. The first-order valence-electron chi connectivity index (χ1n) is 13.3. The molecule has 0 atom stereocenters.